The predicted molar refractivity (Wildman–Crippen MR) is 122 cm³/mol. The zero-order chi connectivity index (χ0) is 22.4. The summed E-state index contributed by atoms with van der Waals surface area (Å²) in [7, 11) is -1.04. The number of ether oxygens (including phenoxy) is 2. The molecule has 2 fully saturated rings. The molecule has 0 aliphatic carbocycles. The normalized spacial score (nSPS) is 24.2. The molecule has 9 nitrogen and oxygen atoms in total. The first-order valence-corrected chi connectivity index (χ1v) is 13.0. The van der Waals surface area contributed by atoms with Crippen molar-refractivity contribution in [3.05, 3.63) is 35.5 Å². The number of nitrogens with zero attached hydrogens (tertiary/aromatic N) is 3. The minimum Gasteiger partial charge on any atom is -0.438 e. The molecule has 1 aromatic carbocycles. The smallest absolute Gasteiger partial charge is 0.412 e. The van der Waals surface area contributed by atoms with Gasteiger partial charge in [-0.2, -0.15) is 4.98 Å². The maximum absolute atomic E-state index is 12.7. The third kappa shape index (κ3) is 3.79. The number of hydrogen-bond donors (Lipinski definition) is 2. The first kappa shape index (κ1) is 21.0. The molecule has 0 saturated carbocycles. The highest BCUT2D eigenvalue weighted by atomic mass is 32.2. The number of carbonyl (C=O) groups is 1. The fraction of sp³-hybridized carbons (Fsp3) is 0.522. The Kier molecular flexibility index (Phi) is 5.31. The van der Waals surface area contributed by atoms with E-state index in [9.17, 15) is 9.00 Å². The quantitative estimate of drug-likeness (QED) is 0.701. The molecule has 1 amide bonds. The van der Waals surface area contributed by atoms with E-state index in [0.29, 0.717) is 43.7 Å². The van der Waals surface area contributed by atoms with Gasteiger partial charge in [0.15, 0.2) is 0 Å². The Hall–Kier alpha value is -2.56. The van der Waals surface area contributed by atoms with Crippen LogP contribution in [0.2, 0.25) is 0 Å². The third-order valence-corrected chi connectivity index (χ3v) is 8.63. The molecule has 2 saturated heterocycles. The molecule has 4 aliphatic heterocycles. The highest BCUT2D eigenvalue weighted by molar-refractivity contribution is 7.85. The first-order chi connectivity index (χ1) is 16.1. The zero-order valence-corrected chi connectivity index (χ0v) is 19.2. The number of aromatic nitrogens is 2. The van der Waals surface area contributed by atoms with Crippen molar-refractivity contribution < 1.29 is 23.8 Å². The van der Waals surface area contributed by atoms with Crippen molar-refractivity contribution in [3.63, 3.8) is 0 Å². The van der Waals surface area contributed by atoms with E-state index in [2.05, 4.69) is 15.5 Å². The predicted octanol–water partition coefficient (Wildman–Crippen LogP) is 1.57. The molecular formula is C23H28N5O4S+. The number of hydrogen-bond acceptors (Lipinski definition) is 7. The molecule has 33 heavy (non-hydrogen) atoms. The van der Waals surface area contributed by atoms with Crippen LogP contribution in [-0.2, 0) is 32.3 Å². The van der Waals surface area contributed by atoms with Crippen molar-refractivity contribution in [1.29, 1.82) is 0 Å². The molecule has 10 heteroatoms. The number of nitrogens with one attached hydrogen (secondary N) is 1. The SMILES string of the molecule is O=C1Nc2ccccc2C2(CCN(c3nc4c(c([NH2+]C5CCOCC5)n3)S(=O)CC4)CC2)O1. The average Bonchev–Trinajstić information content (AvgIpc) is 3.21. The van der Waals surface area contributed by atoms with Gasteiger partial charge in [0.05, 0.1) is 41.4 Å². The number of carbonyl (C=O) groups excluding carboxylic acids is 1. The Morgan fingerprint density at radius 1 is 1.15 bits per heavy atom. The lowest BCUT2D eigenvalue weighted by molar-refractivity contribution is -0.621. The van der Waals surface area contributed by atoms with Crippen LogP contribution < -0.4 is 15.5 Å². The van der Waals surface area contributed by atoms with Gasteiger partial charge in [-0.05, 0) is 6.07 Å². The second-order valence-electron chi connectivity index (χ2n) is 9.14. The summed E-state index contributed by atoms with van der Waals surface area (Å²) in [6.45, 7) is 2.88. The van der Waals surface area contributed by atoms with Crippen LogP contribution in [-0.4, -0.2) is 58.4 Å². The lowest BCUT2D eigenvalue weighted by Crippen LogP contribution is -2.86. The van der Waals surface area contributed by atoms with Gasteiger partial charge in [-0.1, -0.05) is 18.2 Å². The number of rotatable bonds is 3. The van der Waals surface area contributed by atoms with Crippen molar-refractivity contribution in [3.8, 4) is 0 Å². The van der Waals surface area contributed by atoms with Crippen LogP contribution >= 0.6 is 0 Å². The number of para-hydroxylation sites is 1. The number of nitrogens with two attached hydrogens (primary N) is 1. The average molecular weight is 471 g/mol. The zero-order valence-electron chi connectivity index (χ0n) is 18.4. The fourth-order valence-electron chi connectivity index (χ4n) is 5.37. The Labute approximate surface area is 194 Å². The van der Waals surface area contributed by atoms with Gasteiger partial charge in [-0.15, -0.1) is 0 Å². The largest absolute Gasteiger partial charge is 0.438 e. The Bertz CT molecular complexity index is 1110. The molecular weight excluding hydrogens is 442 g/mol. The summed E-state index contributed by atoms with van der Waals surface area (Å²) in [5.41, 5.74) is 2.15. The van der Waals surface area contributed by atoms with E-state index in [1.54, 1.807) is 0 Å². The standard InChI is InChI=1S/C23H27N5O4S/c29-22-26-17-4-2-1-3-16(17)23(32-22)8-10-28(11-9-23)21-25-18-7-14-33(30)19(18)20(27-21)24-15-5-12-31-13-6-15/h1-4,15H,5-14H2,(H,26,29)(H,24,25,27)/p+1. The maximum atomic E-state index is 12.7. The Balaban J connectivity index is 1.26. The van der Waals surface area contributed by atoms with Crippen molar-refractivity contribution in [2.45, 2.75) is 48.6 Å². The van der Waals surface area contributed by atoms with Crippen molar-refractivity contribution >= 4 is 34.3 Å². The number of fused-ring (bicyclic) bond motifs is 3. The van der Waals surface area contributed by atoms with Crippen LogP contribution in [0.3, 0.4) is 0 Å². The second-order valence-corrected chi connectivity index (χ2v) is 10.6. The lowest BCUT2D eigenvalue weighted by atomic mass is 9.82. The lowest BCUT2D eigenvalue weighted by Gasteiger charge is -2.44. The fourth-order valence-corrected chi connectivity index (χ4v) is 6.71. The van der Waals surface area contributed by atoms with E-state index in [1.165, 1.54) is 0 Å². The maximum Gasteiger partial charge on any atom is 0.412 e. The van der Waals surface area contributed by atoms with Crippen LogP contribution in [0.25, 0.3) is 0 Å². The number of piperidine rings is 1. The van der Waals surface area contributed by atoms with Gasteiger partial charge >= 0.3 is 6.09 Å². The minimum atomic E-state index is -1.04. The highest BCUT2D eigenvalue weighted by Gasteiger charge is 2.45. The molecule has 4 aliphatic rings. The molecule has 174 valence electrons. The number of anilines is 2. The highest BCUT2D eigenvalue weighted by Crippen LogP contribution is 2.44. The summed E-state index contributed by atoms with van der Waals surface area (Å²) in [6, 6.07) is 8.25. The number of amides is 1. The van der Waals surface area contributed by atoms with Gasteiger partial charge in [-0.25, -0.2) is 9.78 Å². The van der Waals surface area contributed by atoms with Crippen molar-refractivity contribution in [2.75, 3.05) is 42.3 Å². The van der Waals surface area contributed by atoms with E-state index in [-0.39, 0.29) is 0 Å². The van der Waals surface area contributed by atoms with Gasteiger partial charge in [0.25, 0.3) is 0 Å². The summed E-state index contributed by atoms with van der Waals surface area (Å²) < 4.78 is 24.0. The summed E-state index contributed by atoms with van der Waals surface area (Å²) in [5.74, 6) is 2.14. The van der Waals surface area contributed by atoms with E-state index in [1.807, 2.05) is 24.3 Å². The summed E-state index contributed by atoms with van der Waals surface area (Å²) >= 11 is 0. The molecule has 1 aromatic heterocycles. The van der Waals surface area contributed by atoms with Gasteiger partial charge < -0.3 is 14.4 Å². The van der Waals surface area contributed by atoms with E-state index < -0.39 is 22.5 Å². The molecule has 1 spiro atoms. The van der Waals surface area contributed by atoms with Crippen LogP contribution in [0, 0.1) is 0 Å². The second kappa shape index (κ2) is 8.34. The van der Waals surface area contributed by atoms with E-state index in [4.69, 9.17) is 19.4 Å². The number of benzene rings is 1. The molecule has 6 rings (SSSR count). The molecule has 0 bridgehead atoms. The summed E-state index contributed by atoms with van der Waals surface area (Å²) in [5, 5.41) is 5.00. The Morgan fingerprint density at radius 3 is 2.76 bits per heavy atom. The Morgan fingerprint density at radius 2 is 1.94 bits per heavy atom. The number of quaternary nitrogens is 1. The topological polar surface area (TPSA) is 110 Å². The minimum absolute atomic E-state index is 0.387. The van der Waals surface area contributed by atoms with E-state index >= 15 is 0 Å². The summed E-state index contributed by atoms with van der Waals surface area (Å²) in [4.78, 5) is 25.0. The molecule has 5 heterocycles. The molecule has 3 N–H and O–H groups in total. The van der Waals surface area contributed by atoms with Crippen molar-refractivity contribution in [2.24, 2.45) is 0 Å². The summed E-state index contributed by atoms with van der Waals surface area (Å²) in [6.07, 6.45) is 3.59. The van der Waals surface area contributed by atoms with Gasteiger partial charge in [0.1, 0.15) is 10.5 Å². The van der Waals surface area contributed by atoms with Gasteiger partial charge in [0.2, 0.25) is 11.8 Å². The molecule has 1 atom stereocenters. The van der Waals surface area contributed by atoms with Crippen LogP contribution in [0.1, 0.15) is 36.9 Å². The van der Waals surface area contributed by atoms with Gasteiger partial charge in [0, 0.05) is 56.5 Å². The van der Waals surface area contributed by atoms with Crippen molar-refractivity contribution in [1.82, 2.24) is 9.97 Å². The van der Waals surface area contributed by atoms with Crippen LogP contribution in [0.15, 0.2) is 29.2 Å². The molecule has 2 aromatic rings. The number of aryl methyl sites for hydroxylation is 1. The van der Waals surface area contributed by atoms with Gasteiger partial charge in [-0.3, -0.25) is 14.8 Å². The van der Waals surface area contributed by atoms with E-state index in [0.717, 1.165) is 60.1 Å². The van der Waals surface area contributed by atoms with Crippen LogP contribution in [0.4, 0.5) is 22.2 Å². The molecule has 0 radical (unpaired) electrons. The van der Waals surface area contributed by atoms with Crippen LogP contribution in [0.5, 0.6) is 0 Å². The molecule has 1 unspecified atom stereocenters. The third-order valence-electron chi connectivity index (χ3n) is 7.16. The monoisotopic (exact) mass is 470 g/mol. The first-order valence-electron chi connectivity index (χ1n) is 11.7.